The van der Waals surface area contributed by atoms with Gasteiger partial charge in [-0.2, -0.15) is 0 Å². The third kappa shape index (κ3) is 8.66. The normalized spacial score (nSPS) is 12.2. The molecule has 3 rings (SSSR count). The van der Waals surface area contributed by atoms with Gasteiger partial charge in [0.15, 0.2) is 0 Å². The van der Waals surface area contributed by atoms with Crippen LogP contribution in [-0.4, -0.2) is 50.5 Å². The van der Waals surface area contributed by atoms with Crippen molar-refractivity contribution >= 4 is 43.5 Å². The zero-order valence-electron chi connectivity index (χ0n) is 23.7. The molecule has 3 aromatic carbocycles. The number of carbonyl (C=O) groups is 2. The van der Waals surface area contributed by atoms with Crippen LogP contribution >= 0.6 is 15.9 Å². The molecular formula is C31H38BrN3O4S. The lowest BCUT2D eigenvalue weighted by molar-refractivity contribution is -0.140. The number of benzene rings is 3. The fourth-order valence-corrected chi connectivity index (χ4v) is 5.99. The minimum atomic E-state index is -3.82. The summed E-state index contributed by atoms with van der Waals surface area (Å²) in [6.45, 7) is 7.82. The second-order valence-corrected chi connectivity index (χ2v) is 13.3. The zero-order chi connectivity index (χ0) is 29.4. The number of nitrogens with one attached hydrogen (secondary N) is 1. The van der Waals surface area contributed by atoms with Crippen LogP contribution in [0.4, 0.5) is 5.69 Å². The van der Waals surface area contributed by atoms with E-state index in [1.807, 2.05) is 100 Å². The number of aryl methyl sites for hydroxylation is 2. The first kappa shape index (κ1) is 31.4. The molecule has 214 valence electrons. The van der Waals surface area contributed by atoms with Gasteiger partial charge < -0.3 is 10.2 Å². The summed E-state index contributed by atoms with van der Waals surface area (Å²) in [4.78, 5) is 29.4. The molecule has 0 aliphatic rings. The SMILES string of the molecule is Cc1cccc(C)c1N(CC(=O)N(Cc1cccc(Br)c1)[C@H](Cc1ccccc1)C(=O)NCC(C)C)S(C)(=O)=O. The van der Waals surface area contributed by atoms with E-state index in [4.69, 9.17) is 0 Å². The van der Waals surface area contributed by atoms with E-state index < -0.39 is 28.5 Å². The van der Waals surface area contributed by atoms with Crippen LogP contribution < -0.4 is 9.62 Å². The summed E-state index contributed by atoms with van der Waals surface area (Å²) in [5, 5.41) is 2.99. The Morgan fingerprint density at radius 2 is 1.50 bits per heavy atom. The summed E-state index contributed by atoms with van der Waals surface area (Å²) in [5.74, 6) is -0.520. The van der Waals surface area contributed by atoms with Crippen LogP contribution in [0.2, 0.25) is 0 Å². The quantitative estimate of drug-likeness (QED) is 0.297. The van der Waals surface area contributed by atoms with Crippen LogP contribution in [0.25, 0.3) is 0 Å². The monoisotopic (exact) mass is 627 g/mol. The maximum atomic E-state index is 14.2. The van der Waals surface area contributed by atoms with Crippen LogP contribution in [0.1, 0.15) is 36.1 Å². The number of carbonyl (C=O) groups excluding carboxylic acids is 2. The van der Waals surface area contributed by atoms with E-state index in [2.05, 4.69) is 21.2 Å². The van der Waals surface area contributed by atoms with Crippen molar-refractivity contribution in [2.75, 3.05) is 23.7 Å². The second kappa shape index (κ2) is 13.9. The minimum Gasteiger partial charge on any atom is -0.354 e. The van der Waals surface area contributed by atoms with Crippen molar-refractivity contribution in [2.45, 2.75) is 46.7 Å². The Morgan fingerprint density at radius 1 is 0.900 bits per heavy atom. The Labute approximate surface area is 246 Å². The lowest BCUT2D eigenvalue weighted by Crippen LogP contribution is -2.53. The third-order valence-corrected chi connectivity index (χ3v) is 8.17. The molecule has 0 heterocycles. The smallest absolute Gasteiger partial charge is 0.244 e. The fraction of sp³-hybridized carbons (Fsp3) is 0.355. The molecule has 0 aromatic heterocycles. The number of anilines is 1. The highest BCUT2D eigenvalue weighted by Crippen LogP contribution is 2.27. The van der Waals surface area contributed by atoms with E-state index in [-0.39, 0.29) is 24.8 Å². The molecule has 0 radical (unpaired) electrons. The van der Waals surface area contributed by atoms with E-state index in [1.54, 1.807) is 0 Å². The summed E-state index contributed by atoms with van der Waals surface area (Å²) in [6, 6.07) is 21.7. The highest BCUT2D eigenvalue weighted by atomic mass is 79.9. The van der Waals surface area contributed by atoms with Gasteiger partial charge in [-0.15, -0.1) is 0 Å². The number of nitrogens with zero attached hydrogens (tertiary/aromatic N) is 2. The fourth-order valence-electron chi connectivity index (χ4n) is 4.58. The molecule has 0 bridgehead atoms. The largest absolute Gasteiger partial charge is 0.354 e. The van der Waals surface area contributed by atoms with Crippen molar-refractivity contribution < 1.29 is 18.0 Å². The number of rotatable bonds is 12. The standard InChI is InChI=1S/C31H38BrN3O4S/c1-22(2)19-33-31(37)28(18-25-13-7-6-8-14-25)34(20-26-15-10-16-27(32)17-26)29(36)21-35(40(5,38)39)30-23(3)11-9-12-24(30)4/h6-17,22,28H,18-21H2,1-5H3,(H,33,37)/t28-/m1/s1. The molecule has 1 N–H and O–H groups in total. The number of halogens is 1. The summed E-state index contributed by atoms with van der Waals surface area (Å²) in [7, 11) is -3.82. The first-order chi connectivity index (χ1) is 18.9. The van der Waals surface area contributed by atoms with Gasteiger partial charge in [-0.1, -0.05) is 90.4 Å². The summed E-state index contributed by atoms with van der Waals surface area (Å²) >= 11 is 3.49. The molecule has 3 aromatic rings. The number of sulfonamides is 1. The zero-order valence-corrected chi connectivity index (χ0v) is 26.1. The van der Waals surface area contributed by atoms with Crippen LogP contribution in [0.5, 0.6) is 0 Å². The van der Waals surface area contributed by atoms with Crippen molar-refractivity contribution in [3.63, 3.8) is 0 Å². The molecular weight excluding hydrogens is 590 g/mol. The predicted molar refractivity (Wildman–Crippen MR) is 165 cm³/mol. The molecule has 0 saturated carbocycles. The van der Waals surface area contributed by atoms with Gasteiger partial charge in [0.2, 0.25) is 21.8 Å². The molecule has 0 spiro atoms. The van der Waals surface area contributed by atoms with Crippen molar-refractivity contribution in [3.8, 4) is 0 Å². The van der Waals surface area contributed by atoms with Gasteiger partial charge >= 0.3 is 0 Å². The van der Waals surface area contributed by atoms with E-state index >= 15 is 0 Å². The number of amides is 2. The molecule has 0 saturated heterocycles. The van der Waals surface area contributed by atoms with Crippen LogP contribution in [-0.2, 0) is 32.6 Å². The highest BCUT2D eigenvalue weighted by molar-refractivity contribution is 9.10. The highest BCUT2D eigenvalue weighted by Gasteiger charge is 2.33. The predicted octanol–water partition coefficient (Wildman–Crippen LogP) is 5.24. The summed E-state index contributed by atoms with van der Waals surface area (Å²) in [5.41, 5.74) is 3.67. The Hall–Kier alpha value is -3.17. The number of hydrogen-bond donors (Lipinski definition) is 1. The summed E-state index contributed by atoms with van der Waals surface area (Å²) < 4.78 is 28.1. The maximum Gasteiger partial charge on any atom is 0.244 e. The number of para-hydroxylation sites is 1. The Balaban J connectivity index is 2.08. The minimum absolute atomic E-state index is 0.134. The summed E-state index contributed by atoms with van der Waals surface area (Å²) in [6.07, 6.45) is 1.38. The van der Waals surface area contributed by atoms with Crippen molar-refractivity contribution in [3.05, 3.63) is 99.5 Å². The molecule has 7 nitrogen and oxygen atoms in total. The number of hydrogen-bond acceptors (Lipinski definition) is 4. The molecule has 0 aliphatic carbocycles. The molecule has 40 heavy (non-hydrogen) atoms. The van der Waals surface area contributed by atoms with Gasteiger partial charge in [-0.25, -0.2) is 8.42 Å². The molecule has 9 heteroatoms. The third-order valence-electron chi connectivity index (χ3n) is 6.57. The van der Waals surface area contributed by atoms with Gasteiger partial charge in [0.05, 0.1) is 11.9 Å². The first-order valence-corrected chi connectivity index (χ1v) is 15.9. The maximum absolute atomic E-state index is 14.2. The van der Waals surface area contributed by atoms with E-state index in [1.165, 1.54) is 4.90 Å². The average molecular weight is 629 g/mol. The van der Waals surface area contributed by atoms with Gasteiger partial charge in [0.1, 0.15) is 12.6 Å². The van der Waals surface area contributed by atoms with Gasteiger partial charge in [0, 0.05) is 24.0 Å². The molecule has 0 fully saturated rings. The molecule has 2 amide bonds. The Bertz CT molecular complexity index is 1410. The molecule has 0 aliphatic heterocycles. The van der Waals surface area contributed by atoms with Gasteiger partial charge in [-0.05, 0) is 54.2 Å². The average Bonchev–Trinajstić information content (AvgIpc) is 2.88. The lowest BCUT2D eigenvalue weighted by Gasteiger charge is -2.34. The van der Waals surface area contributed by atoms with Crippen molar-refractivity contribution in [2.24, 2.45) is 5.92 Å². The van der Waals surface area contributed by atoms with E-state index in [0.717, 1.165) is 37.3 Å². The molecule has 0 unspecified atom stereocenters. The van der Waals surface area contributed by atoms with Crippen LogP contribution in [0, 0.1) is 19.8 Å². The molecule has 1 atom stereocenters. The van der Waals surface area contributed by atoms with Gasteiger partial charge in [-0.3, -0.25) is 13.9 Å². The lowest BCUT2D eigenvalue weighted by atomic mass is 10.0. The van der Waals surface area contributed by atoms with Crippen molar-refractivity contribution in [1.82, 2.24) is 10.2 Å². The topological polar surface area (TPSA) is 86.8 Å². The van der Waals surface area contributed by atoms with Gasteiger partial charge in [0.25, 0.3) is 0 Å². The Morgan fingerprint density at radius 3 is 2.08 bits per heavy atom. The van der Waals surface area contributed by atoms with Crippen LogP contribution in [0.3, 0.4) is 0 Å². The van der Waals surface area contributed by atoms with Crippen LogP contribution in [0.15, 0.2) is 77.3 Å². The Kier molecular flexibility index (Phi) is 10.9. The first-order valence-electron chi connectivity index (χ1n) is 13.3. The van der Waals surface area contributed by atoms with E-state index in [0.29, 0.717) is 12.2 Å². The van der Waals surface area contributed by atoms with E-state index in [9.17, 15) is 18.0 Å². The van der Waals surface area contributed by atoms with Crippen molar-refractivity contribution in [1.29, 1.82) is 0 Å². The second-order valence-electron chi connectivity index (χ2n) is 10.5.